The molecule has 1 atom stereocenters. The molecule has 0 aromatic carbocycles. The van der Waals surface area contributed by atoms with Crippen molar-refractivity contribution in [2.45, 2.75) is 32.2 Å². The van der Waals surface area contributed by atoms with Crippen LogP contribution in [-0.4, -0.2) is 41.8 Å². The van der Waals surface area contributed by atoms with E-state index >= 15 is 0 Å². The van der Waals surface area contributed by atoms with E-state index in [1.165, 1.54) is 0 Å². The van der Waals surface area contributed by atoms with Crippen LogP contribution in [0.3, 0.4) is 0 Å². The topological polar surface area (TPSA) is 49.5 Å². The van der Waals surface area contributed by atoms with Gasteiger partial charge in [-0.1, -0.05) is 19.4 Å². The van der Waals surface area contributed by atoms with Gasteiger partial charge in [-0.05, 0) is 13.3 Å². The van der Waals surface area contributed by atoms with Gasteiger partial charge in [-0.25, -0.2) is 0 Å². The molecule has 84 valence electrons. The van der Waals surface area contributed by atoms with Crippen LogP contribution in [0, 0.1) is 0 Å². The summed E-state index contributed by atoms with van der Waals surface area (Å²) in [5, 5.41) is 8.87. The molecule has 3 heteroatoms. The molecule has 0 aromatic rings. The molecule has 1 unspecified atom stereocenters. The molecule has 0 spiro atoms. The molecule has 0 saturated carbocycles. The lowest BCUT2D eigenvalue weighted by atomic mass is 9.97. The van der Waals surface area contributed by atoms with E-state index in [0.29, 0.717) is 6.54 Å². The molecule has 3 N–H and O–H groups in total. The molecule has 0 heterocycles. The average Bonchev–Trinajstić information content (AvgIpc) is 2.03. The average molecular weight is 200 g/mol. The van der Waals surface area contributed by atoms with E-state index in [9.17, 15) is 0 Å². The SMILES string of the molecule is C=CCN(CCO)CC(C)(N)CCC. The largest absolute Gasteiger partial charge is 0.395 e. The molecule has 3 nitrogen and oxygen atoms in total. The van der Waals surface area contributed by atoms with Crippen molar-refractivity contribution in [2.24, 2.45) is 5.73 Å². The molecule has 0 aromatic heterocycles. The number of rotatable bonds is 8. The predicted octanol–water partition coefficient (Wildman–Crippen LogP) is 0.984. The van der Waals surface area contributed by atoms with E-state index in [0.717, 1.165) is 25.9 Å². The number of aliphatic hydroxyl groups excluding tert-OH is 1. The molecule has 0 bridgehead atoms. The van der Waals surface area contributed by atoms with Gasteiger partial charge in [0.2, 0.25) is 0 Å². The lowest BCUT2D eigenvalue weighted by Crippen LogP contribution is -2.48. The highest BCUT2D eigenvalue weighted by molar-refractivity contribution is 4.84. The third kappa shape index (κ3) is 6.13. The minimum atomic E-state index is -0.160. The Morgan fingerprint density at radius 3 is 2.64 bits per heavy atom. The maximum atomic E-state index is 8.87. The van der Waals surface area contributed by atoms with Crippen LogP contribution in [0.15, 0.2) is 12.7 Å². The third-order valence-corrected chi connectivity index (χ3v) is 2.21. The monoisotopic (exact) mass is 200 g/mol. The maximum Gasteiger partial charge on any atom is 0.0558 e. The van der Waals surface area contributed by atoms with Crippen molar-refractivity contribution in [2.75, 3.05) is 26.2 Å². The number of nitrogens with two attached hydrogens (primary N) is 1. The van der Waals surface area contributed by atoms with E-state index in [2.05, 4.69) is 25.3 Å². The molecule has 0 aliphatic heterocycles. The molecule has 0 aliphatic carbocycles. The molecule has 0 amide bonds. The van der Waals surface area contributed by atoms with Crippen LogP contribution in [0.2, 0.25) is 0 Å². The number of aliphatic hydroxyl groups is 1. The van der Waals surface area contributed by atoms with Crippen LogP contribution in [-0.2, 0) is 0 Å². The summed E-state index contributed by atoms with van der Waals surface area (Å²) in [7, 11) is 0. The Morgan fingerprint density at radius 2 is 2.21 bits per heavy atom. The Bertz CT molecular complexity index is 157. The first-order chi connectivity index (χ1) is 6.55. The van der Waals surface area contributed by atoms with Crippen LogP contribution in [0.25, 0.3) is 0 Å². The first kappa shape index (κ1) is 13.6. The van der Waals surface area contributed by atoms with Crippen molar-refractivity contribution in [3.8, 4) is 0 Å². The lowest BCUT2D eigenvalue weighted by molar-refractivity contribution is 0.176. The molecule has 0 fully saturated rings. The first-order valence-corrected chi connectivity index (χ1v) is 5.28. The third-order valence-electron chi connectivity index (χ3n) is 2.21. The fraction of sp³-hybridized carbons (Fsp3) is 0.818. The minimum absolute atomic E-state index is 0.160. The van der Waals surface area contributed by atoms with E-state index in [1.54, 1.807) is 0 Å². The van der Waals surface area contributed by atoms with Crippen LogP contribution >= 0.6 is 0 Å². The summed E-state index contributed by atoms with van der Waals surface area (Å²) < 4.78 is 0. The van der Waals surface area contributed by atoms with Crippen molar-refractivity contribution in [3.05, 3.63) is 12.7 Å². The van der Waals surface area contributed by atoms with Crippen molar-refractivity contribution < 1.29 is 5.11 Å². The summed E-state index contributed by atoms with van der Waals surface area (Å²) in [5.74, 6) is 0. The standard InChI is InChI=1S/C11H24N2O/c1-4-6-11(3,12)10-13(7-5-2)8-9-14/h5,14H,2,4,6-10,12H2,1,3H3. The molecule has 0 radical (unpaired) electrons. The van der Waals surface area contributed by atoms with E-state index in [4.69, 9.17) is 10.8 Å². The van der Waals surface area contributed by atoms with Gasteiger partial charge < -0.3 is 10.8 Å². The fourth-order valence-corrected chi connectivity index (χ4v) is 1.72. The second-order valence-electron chi connectivity index (χ2n) is 4.15. The summed E-state index contributed by atoms with van der Waals surface area (Å²) in [6.07, 6.45) is 3.94. The lowest BCUT2D eigenvalue weighted by Gasteiger charge is -2.31. The highest BCUT2D eigenvalue weighted by atomic mass is 16.3. The van der Waals surface area contributed by atoms with Crippen molar-refractivity contribution in [3.63, 3.8) is 0 Å². The van der Waals surface area contributed by atoms with E-state index < -0.39 is 0 Å². The van der Waals surface area contributed by atoms with Gasteiger partial charge in [0.25, 0.3) is 0 Å². The highest BCUT2D eigenvalue weighted by Crippen LogP contribution is 2.10. The van der Waals surface area contributed by atoms with Gasteiger partial charge in [-0.15, -0.1) is 6.58 Å². The number of hydrogen-bond donors (Lipinski definition) is 2. The molecule has 0 rings (SSSR count). The summed E-state index contributed by atoms with van der Waals surface area (Å²) in [6, 6.07) is 0. The quantitative estimate of drug-likeness (QED) is 0.574. The van der Waals surface area contributed by atoms with Gasteiger partial charge >= 0.3 is 0 Å². The van der Waals surface area contributed by atoms with Crippen LogP contribution in [0.4, 0.5) is 0 Å². The molecule has 0 saturated heterocycles. The Kier molecular flexibility index (Phi) is 6.79. The molecular formula is C11H24N2O. The zero-order valence-electron chi connectivity index (χ0n) is 9.50. The summed E-state index contributed by atoms with van der Waals surface area (Å²) >= 11 is 0. The van der Waals surface area contributed by atoms with Crippen LogP contribution in [0.1, 0.15) is 26.7 Å². The molecule has 14 heavy (non-hydrogen) atoms. The Balaban J connectivity index is 4.04. The van der Waals surface area contributed by atoms with Gasteiger partial charge in [-0.2, -0.15) is 0 Å². The maximum absolute atomic E-state index is 8.87. The molecule has 0 aliphatic rings. The Morgan fingerprint density at radius 1 is 1.57 bits per heavy atom. The van der Waals surface area contributed by atoms with Crippen molar-refractivity contribution in [1.29, 1.82) is 0 Å². The summed E-state index contributed by atoms with van der Waals surface area (Å²) in [4.78, 5) is 2.13. The zero-order chi connectivity index (χ0) is 11.0. The second-order valence-corrected chi connectivity index (χ2v) is 4.15. The van der Waals surface area contributed by atoms with Gasteiger partial charge in [0.15, 0.2) is 0 Å². The predicted molar refractivity (Wildman–Crippen MR) is 61.2 cm³/mol. The molecular weight excluding hydrogens is 176 g/mol. The van der Waals surface area contributed by atoms with Gasteiger partial charge in [0.1, 0.15) is 0 Å². The minimum Gasteiger partial charge on any atom is -0.395 e. The fourth-order valence-electron chi connectivity index (χ4n) is 1.72. The smallest absolute Gasteiger partial charge is 0.0558 e. The van der Waals surface area contributed by atoms with E-state index in [-0.39, 0.29) is 12.1 Å². The summed E-state index contributed by atoms with van der Waals surface area (Å²) in [6.45, 7) is 10.3. The van der Waals surface area contributed by atoms with E-state index in [1.807, 2.05) is 6.08 Å². The van der Waals surface area contributed by atoms with Gasteiger partial charge in [0, 0.05) is 25.2 Å². The normalized spacial score (nSPS) is 15.5. The zero-order valence-corrected chi connectivity index (χ0v) is 9.50. The summed E-state index contributed by atoms with van der Waals surface area (Å²) in [5.41, 5.74) is 5.97. The van der Waals surface area contributed by atoms with Crippen LogP contribution in [0.5, 0.6) is 0 Å². The van der Waals surface area contributed by atoms with Crippen molar-refractivity contribution >= 4 is 0 Å². The Labute approximate surface area is 87.6 Å². The van der Waals surface area contributed by atoms with Gasteiger partial charge in [0.05, 0.1) is 6.61 Å². The number of hydrogen-bond acceptors (Lipinski definition) is 3. The first-order valence-electron chi connectivity index (χ1n) is 5.28. The highest BCUT2D eigenvalue weighted by Gasteiger charge is 2.20. The number of nitrogens with zero attached hydrogens (tertiary/aromatic N) is 1. The van der Waals surface area contributed by atoms with Gasteiger partial charge in [-0.3, -0.25) is 4.90 Å². The Hall–Kier alpha value is -0.380. The van der Waals surface area contributed by atoms with Crippen LogP contribution < -0.4 is 5.73 Å². The van der Waals surface area contributed by atoms with Crippen molar-refractivity contribution in [1.82, 2.24) is 4.90 Å². The second kappa shape index (κ2) is 6.98.